The van der Waals surface area contributed by atoms with E-state index in [1.165, 1.54) is 18.4 Å². The van der Waals surface area contributed by atoms with Crippen LogP contribution in [0.4, 0.5) is 0 Å². The Labute approximate surface area is 88.1 Å². The molecule has 0 bridgehead atoms. The minimum atomic E-state index is 0.442. The van der Waals surface area contributed by atoms with Gasteiger partial charge in [0.1, 0.15) is 0 Å². The lowest BCUT2D eigenvalue weighted by atomic mass is 10.1. The zero-order valence-electron chi connectivity index (χ0n) is 7.55. The molecule has 13 heavy (non-hydrogen) atoms. The van der Waals surface area contributed by atoms with Crippen LogP contribution in [0, 0.1) is 5.41 Å². The van der Waals surface area contributed by atoms with Gasteiger partial charge in [0.2, 0.25) is 0 Å². The van der Waals surface area contributed by atoms with E-state index in [4.69, 9.17) is 11.6 Å². The summed E-state index contributed by atoms with van der Waals surface area (Å²) >= 11 is 7.63. The van der Waals surface area contributed by atoms with E-state index in [0.717, 1.165) is 19.0 Å². The van der Waals surface area contributed by atoms with Gasteiger partial charge in [0.15, 0.2) is 0 Å². The number of halogens is 1. The van der Waals surface area contributed by atoms with Crippen molar-refractivity contribution in [3.63, 3.8) is 0 Å². The maximum Gasteiger partial charge on any atom is 0.0292 e. The highest BCUT2D eigenvalue weighted by Gasteiger charge is 2.40. The average Bonchev–Trinajstić information content (AvgIpc) is 2.74. The fourth-order valence-electron chi connectivity index (χ4n) is 1.40. The molecule has 72 valence electrons. The highest BCUT2D eigenvalue weighted by atomic mass is 35.5. The number of hydrogen-bond acceptors (Lipinski definition) is 2. The Hall–Kier alpha value is -0.0500. The summed E-state index contributed by atoms with van der Waals surface area (Å²) in [5.41, 5.74) is 1.83. The number of alkyl halides is 1. The van der Waals surface area contributed by atoms with Gasteiger partial charge in [-0.1, -0.05) is 0 Å². The van der Waals surface area contributed by atoms with Gasteiger partial charge in [-0.05, 0) is 40.6 Å². The molecular weight excluding hydrogens is 202 g/mol. The van der Waals surface area contributed by atoms with E-state index in [9.17, 15) is 0 Å². The second-order valence-corrected chi connectivity index (χ2v) is 4.92. The van der Waals surface area contributed by atoms with Crippen molar-refractivity contribution in [3.05, 3.63) is 22.4 Å². The van der Waals surface area contributed by atoms with Crippen molar-refractivity contribution >= 4 is 22.9 Å². The molecule has 0 aliphatic heterocycles. The fourth-order valence-corrected chi connectivity index (χ4v) is 2.43. The molecule has 3 heteroatoms. The van der Waals surface area contributed by atoms with Gasteiger partial charge >= 0.3 is 0 Å². The fraction of sp³-hybridized carbons (Fsp3) is 0.600. The Bertz CT molecular complexity index is 254. The van der Waals surface area contributed by atoms with Gasteiger partial charge in [0.05, 0.1) is 0 Å². The monoisotopic (exact) mass is 215 g/mol. The van der Waals surface area contributed by atoms with Crippen LogP contribution >= 0.6 is 22.9 Å². The van der Waals surface area contributed by atoms with Crippen LogP contribution in [0.3, 0.4) is 0 Å². The summed E-state index contributed by atoms with van der Waals surface area (Å²) in [7, 11) is 0. The summed E-state index contributed by atoms with van der Waals surface area (Å²) in [5.74, 6) is 0.809. The average molecular weight is 216 g/mol. The van der Waals surface area contributed by atoms with Gasteiger partial charge < -0.3 is 5.32 Å². The van der Waals surface area contributed by atoms with E-state index < -0.39 is 0 Å². The van der Waals surface area contributed by atoms with Gasteiger partial charge in [0.25, 0.3) is 0 Å². The first-order valence-electron chi connectivity index (χ1n) is 4.62. The maximum atomic E-state index is 5.88. The summed E-state index contributed by atoms with van der Waals surface area (Å²) in [6.07, 6.45) is 2.60. The minimum Gasteiger partial charge on any atom is -0.312 e. The lowest BCUT2D eigenvalue weighted by Gasteiger charge is -2.11. The van der Waals surface area contributed by atoms with Gasteiger partial charge in [-0.15, -0.1) is 11.6 Å². The molecule has 1 heterocycles. The van der Waals surface area contributed by atoms with Crippen molar-refractivity contribution in [2.75, 3.05) is 12.4 Å². The number of rotatable bonds is 5. The van der Waals surface area contributed by atoms with Crippen molar-refractivity contribution in [1.29, 1.82) is 0 Å². The van der Waals surface area contributed by atoms with Crippen molar-refractivity contribution < 1.29 is 0 Å². The van der Waals surface area contributed by atoms with Crippen LogP contribution in [0.2, 0.25) is 0 Å². The van der Waals surface area contributed by atoms with E-state index in [2.05, 4.69) is 22.1 Å². The molecule has 0 spiro atoms. The molecule has 1 N–H and O–H groups in total. The van der Waals surface area contributed by atoms with Crippen molar-refractivity contribution in [3.8, 4) is 0 Å². The van der Waals surface area contributed by atoms with Crippen molar-refractivity contribution in [1.82, 2.24) is 5.32 Å². The van der Waals surface area contributed by atoms with Crippen LogP contribution in [0.1, 0.15) is 18.4 Å². The molecule has 0 saturated heterocycles. The normalized spacial score (nSPS) is 18.8. The van der Waals surface area contributed by atoms with E-state index in [1.807, 2.05) is 0 Å². The topological polar surface area (TPSA) is 12.0 Å². The van der Waals surface area contributed by atoms with E-state index in [1.54, 1.807) is 11.3 Å². The van der Waals surface area contributed by atoms with Crippen LogP contribution in [0.25, 0.3) is 0 Å². The lowest BCUT2D eigenvalue weighted by molar-refractivity contribution is 0.505. The SMILES string of the molecule is ClCC1(CNCc2ccsc2)CC1. The standard InChI is InChI=1S/C10H14ClNS/c11-7-10(2-3-10)8-12-5-9-1-4-13-6-9/h1,4,6,12H,2-3,5,7-8H2. The molecule has 2 rings (SSSR count). The Balaban J connectivity index is 1.70. The first-order chi connectivity index (χ1) is 6.35. The Morgan fingerprint density at radius 1 is 1.54 bits per heavy atom. The molecule has 1 aromatic heterocycles. The van der Waals surface area contributed by atoms with Gasteiger partial charge in [-0.2, -0.15) is 11.3 Å². The van der Waals surface area contributed by atoms with Crippen LogP contribution in [-0.2, 0) is 6.54 Å². The van der Waals surface area contributed by atoms with Crippen LogP contribution in [-0.4, -0.2) is 12.4 Å². The van der Waals surface area contributed by atoms with E-state index in [-0.39, 0.29) is 0 Å². The largest absolute Gasteiger partial charge is 0.312 e. The van der Waals surface area contributed by atoms with E-state index >= 15 is 0 Å². The quantitative estimate of drug-likeness (QED) is 0.745. The Morgan fingerprint density at radius 3 is 2.92 bits per heavy atom. The van der Waals surface area contributed by atoms with Crippen molar-refractivity contribution in [2.24, 2.45) is 5.41 Å². The molecule has 1 nitrogen and oxygen atoms in total. The molecule has 0 unspecified atom stereocenters. The number of thiophene rings is 1. The summed E-state index contributed by atoms with van der Waals surface area (Å²) in [4.78, 5) is 0. The molecule has 0 radical (unpaired) electrons. The van der Waals surface area contributed by atoms with Gasteiger partial charge in [0, 0.05) is 19.0 Å². The van der Waals surface area contributed by atoms with Crippen LogP contribution in [0.5, 0.6) is 0 Å². The van der Waals surface area contributed by atoms with Gasteiger partial charge in [-0.3, -0.25) is 0 Å². The number of hydrogen-bond donors (Lipinski definition) is 1. The Morgan fingerprint density at radius 2 is 2.38 bits per heavy atom. The predicted molar refractivity (Wildman–Crippen MR) is 58.4 cm³/mol. The number of nitrogens with one attached hydrogen (secondary N) is 1. The summed E-state index contributed by atoms with van der Waals surface area (Å²) < 4.78 is 0. The van der Waals surface area contributed by atoms with E-state index in [0.29, 0.717) is 5.41 Å². The van der Waals surface area contributed by atoms with Crippen LogP contribution < -0.4 is 5.32 Å². The summed E-state index contributed by atoms with van der Waals surface area (Å²) in [5, 5.41) is 7.77. The lowest BCUT2D eigenvalue weighted by Crippen LogP contribution is -2.24. The third kappa shape index (κ3) is 2.46. The Kier molecular flexibility index (Phi) is 2.92. The first-order valence-corrected chi connectivity index (χ1v) is 6.10. The van der Waals surface area contributed by atoms with Crippen molar-refractivity contribution in [2.45, 2.75) is 19.4 Å². The molecule has 1 fully saturated rings. The molecule has 0 aromatic carbocycles. The smallest absolute Gasteiger partial charge is 0.0292 e. The van der Waals surface area contributed by atoms with Crippen LogP contribution in [0.15, 0.2) is 16.8 Å². The molecular formula is C10H14ClNS. The molecule has 0 amide bonds. The highest BCUT2D eigenvalue weighted by molar-refractivity contribution is 7.07. The second kappa shape index (κ2) is 3.99. The van der Waals surface area contributed by atoms with Gasteiger partial charge in [-0.25, -0.2) is 0 Å². The summed E-state index contributed by atoms with van der Waals surface area (Å²) in [6.45, 7) is 2.06. The predicted octanol–water partition coefficient (Wildman–Crippen LogP) is 2.86. The zero-order valence-corrected chi connectivity index (χ0v) is 9.13. The highest BCUT2D eigenvalue weighted by Crippen LogP contribution is 2.45. The second-order valence-electron chi connectivity index (χ2n) is 3.87. The third-order valence-electron chi connectivity index (χ3n) is 2.65. The molecule has 1 aromatic rings. The zero-order chi connectivity index (χ0) is 9.15. The molecule has 1 saturated carbocycles. The third-order valence-corrected chi connectivity index (χ3v) is 3.95. The molecule has 1 aliphatic rings. The molecule has 1 aliphatic carbocycles. The summed E-state index contributed by atoms with van der Waals surface area (Å²) in [6, 6.07) is 2.16. The minimum absolute atomic E-state index is 0.442. The first kappa shape index (κ1) is 9.50. The maximum absolute atomic E-state index is 5.88. The molecule has 0 atom stereocenters.